The van der Waals surface area contributed by atoms with Gasteiger partial charge in [-0.15, -0.1) is 0 Å². The van der Waals surface area contributed by atoms with Gasteiger partial charge in [-0.25, -0.2) is 4.79 Å². The second-order valence-electron chi connectivity index (χ2n) is 8.73. The molecule has 3 aromatic rings. The molecule has 0 aliphatic carbocycles. The number of carbonyl (C=O) groups is 2. The van der Waals surface area contributed by atoms with Gasteiger partial charge in [0.2, 0.25) is 0 Å². The monoisotopic (exact) mass is 473 g/mol. The number of benzene rings is 3. The Hall–Kier alpha value is -3.55. The third kappa shape index (κ3) is 5.50. The normalized spacial score (nSPS) is 12.9. The summed E-state index contributed by atoms with van der Waals surface area (Å²) in [6.45, 7) is 5.29. The van der Waals surface area contributed by atoms with Crippen LogP contribution in [0.4, 0.5) is 13.2 Å². The lowest BCUT2D eigenvalue weighted by atomic mass is 9.81. The van der Waals surface area contributed by atoms with Crippen molar-refractivity contribution in [2.45, 2.75) is 46.0 Å². The van der Waals surface area contributed by atoms with Gasteiger partial charge in [0.25, 0.3) is 5.91 Å². The number of amides is 1. The molecule has 0 aliphatic heterocycles. The number of carboxylic acid groups (broad SMARTS) is 1. The fourth-order valence-electron chi connectivity index (χ4n) is 3.53. The number of ether oxygens (including phenoxy) is 1. The highest BCUT2D eigenvalue weighted by Crippen LogP contribution is 2.33. The number of fused-ring (bicyclic) bond motifs is 1. The van der Waals surface area contributed by atoms with E-state index in [-0.39, 0.29) is 17.9 Å². The van der Waals surface area contributed by atoms with Crippen LogP contribution in [0.25, 0.3) is 10.8 Å². The minimum atomic E-state index is -4.44. The van der Waals surface area contributed by atoms with E-state index in [1.807, 2.05) is 19.1 Å². The highest BCUT2D eigenvalue weighted by atomic mass is 19.4. The number of hydrogen-bond acceptors (Lipinski definition) is 3. The molecule has 0 aromatic heterocycles. The minimum absolute atomic E-state index is 0.0742. The van der Waals surface area contributed by atoms with Gasteiger partial charge in [-0.1, -0.05) is 63.2 Å². The Bertz CT molecular complexity index is 1190. The van der Waals surface area contributed by atoms with E-state index in [0.717, 1.165) is 17.5 Å². The van der Waals surface area contributed by atoms with E-state index in [0.29, 0.717) is 17.4 Å². The molecule has 8 heteroatoms. The average Bonchev–Trinajstić information content (AvgIpc) is 2.80. The first kappa shape index (κ1) is 25.1. The van der Waals surface area contributed by atoms with E-state index in [1.54, 1.807) is 38.1 Å². The first-order valence-electron chi connectivity index (χ1n) is 10.8. The Morgan fingerprint density at radius 3 is 2.24 bits per heavy atom. The van der Waals surface area contributed by atoms with Gasteiger partial charge >= 0.3 is 12.1 Å². The summed E-state index contributed by atoms with van der Waals surface area (Å²) in [6.07, 6.45) is -3.91. The highest BCUT2D eigenvalue weighted by molar-refractivity contribution is 6.05. The molecular weight excluding hydrogens is 447 g/mol. The molecule has 3 rings (SSSR count). The SMILES string of the molecule is CCC(C)(C)C(NC(=O)c1ccc2ccccc2c1OCc1ccc(C(F)(F)F)cc1)C(=O)O. The molecule has 0 saturated carbocycles. The van der Waals surface area contributed by atoms with E-state index in [9.17, 15) is 27.9 Å². The summed E-state index contributed by atoms with van der Waals surface area (Å²) in [5.74, 6) is -1.52. The molecule has 0 radical (unpaired) electrons. The van der Waals surface area contributed by atoms with E-state index in [4.69, 9.17) is 4.74 Å². The van der Waals surface area contributed by atoms with Gasteiger partial charge < -0.3 is 15.2 Å². The maximum atomic E-state index is 13.2. The van der Waals surface area contributed by atoms with Crippen LogP contribution in [0, 0.1) is 5.41 Å². The van der Waals surface area contributed by atoms with Gasteiger partial charge in [-0.05, 0) is 41.0 Å². The molecule has 2 N–H and O–H groups in total. The van der Waals surface area contributed by atoms with Crippen LogP contribution < -0.4 is 10.1 Å². The van der Waals surface area contributed by atoms with Crippen molar-refractivity contribution >= 4 is 22.6 Å². The van der Waals surface area contributed by atoms with Gasteiger partial charge in [0, 0.05) is 5.39 Å². The molecule has 0 aliphatic rings. The molecule has 0 saturated heterocycles. The second-order valence-corrected chi connectivity index (χ2v) is 8.73. The lowest BCUT2D eigenvalue weighted by Crippen LogP contribution is -2.50. The van der Waals surface area contributed by atoms with Crippen molar-refractivity contribution in [2.24, 2.45) is 5.41 Å². The van der Waals surface area contributed by atoms with Crippen molar-refractivity contribution in [2.75, 3.05) is 0 Å². The number of hydrogen-bond donors (Lipinski definition) is 2. The maximum Gasteiger partial charge on any atom is 0.416 e. The largest absolute Gasteiger partial charge is 0.487 e. The molecule has 0 bridgehead atoms. The number of rotatable bonds is 8. The van der Waals surface area contributed by atoms with Crippen molar-refractivity contribution in [1.82, 2.24) is 5.32 Å². The van der Waals surface area contributed by atoms with Crippen molar-refractivity contribution < 1.29 is 32.6 Å². The molecule has 1 unspecified atom stereocenters. The summed E-state index contributed by atoms with van der Waals surface area (Å²) in [7, 11) is 0. The molecule has 0 heterocycles. The zero-order valence-electron chi connectivity index (χ0n) is 19.1. The van der Waals surface area contributed by atoms with Gasteiger partial charge in [-0.3, -0.25) is 4.79 Å². The summed E-state index contributed by atoms with van der Waals surface area (Å²) in [5.41, 5.74) is -0.828. The van der Waals surface area contributed by atoms with Gasteiger partial charge in [0.1, 0.15) is 18.4 Å². The Labute approximate surface area is 195 Å². The molecule has 3 aromatic carbocycles. The predicted octanol–water partition coefficient (Wildman–Crippen LogP) is 6.06. The van der Waals surface area contributed by atoms with Crippen molar-refractivity contribution in [3.8, 4) is 5.75 Å². The average molecular weight is 473 g/mol. The van der Waals surface area contributed by atoms with Crippen molar-refractivity contribution in [3.05, 3.63) is 77.4 Å². The molecule has 180 valence electrons. The smallest absolute Gasteiger partial charge is 0.416 e. The summed E-state index contributed by atoms with van der Waals surface area (Å²) in [6, 6.07) is 13.9. The van der Waals surface area contributed by atoms with E-state index < -0.39 is 35.1 Å². The predicted molar refractivity (Wildman–Crippen MR) is 123 cm³/mol. The van der Waals surface area contributed by atoms with Gasteiger partial charge in [0.05, 0.1) is 11.1 Å². The fraction of sp³-hybridized carbons (Fsp3) is 0.308. The van der Waals surface area contributed by atoms with E-state index in [1.165, 1.54) is 12.1 Å². The summed E-state index contributed by atoms with van der Waals surface area (Å²) < 4.78 is 44.5. The zero-order chi connectivity index (χ0) is 25.1. The lowest BCUT2D eigenvalue weighted by molar-refractivity contribution is -0.142. The van der Waals surface area contributed by atoms with E-state index in [2.05, 4.69) is 5.32 Å². The van der Waals surface area contributed by atoms with Crippen molar-refractivity contribution in [3.63, 3.8) is 0 Å². The van der Waals surface area contributed by atoms with Gasteiger partial charge in [-0.2, -0.15) is 13.2 Å². The van der Waals surface area contributed by atoms with Crippen LogP contribution in [0.2, 0.25) is 0 Å². The number of nitrogens with one attached hydrogen (secondary N) is 1. The minimum Gasteiger partial charge on any atom is -0.487 e. The van der Waals surface area contributed by atoms with Crippen LogP contribution in [0.5, 0.6) is 5.75 Å². The molecule has 1 atom stereocenters. The topological polar surface area (TPSA) is 75.6 Å². The zero-order valence-corrected chi connectivity index (χ0v) is 19.1. The first-order chi connectivity index (χ1) is 15.9. The van der Waals surface area contributed by atoms with Crippen LogP contribution in [-0.4, -0.2) is 23.0 Å². The highest BCUT2D eigenvalue weighted by Gasteiger charge is 2.36. The number of aliphatic carboxylic acids is 1. The Balaban J connectivity index is 1.94. The third-order valence-electron chi connectivity index (χ3n) is 6.00. The number of carbonyl (C=O) groups excluding carboxylic acids is 1. The molecule has 0 spiro atoms. The maximum absolute atomic E-state index is 13.2. The summed E-state index contributed by atoms with van der Waals surface area (Å²) in [4.78, 5) is 25.0. The standard InChI is InChI=1S/C26H26F3NO4/c1-4-25(2,3)22(24(32)33)30-23(31)20-14-11-17-7-5-6-8-19(17)21(20)34-15-16-9-12-18(13-10-16)26(27,28)29/h5-14,22H,4,15H2,1-3H3,(H,30,31)(H,32,33). The van der Waals surface area contributed by atoms with E-state index >= 15 is 0 Å². The molecule has 1 amide bonds. The van der Waals surface area contributed by atoms with Crippen LogP contribution in [-0.2, 0) is 17.6 Å². The second kappa shape index (κ2) is 9.75. The molecule has 0 fully saturated rings. The summed E-state index contributed by atoms with van der Waals surface area (Å²) >= 11 is 0. The van der Waals surface area contributed by atoms with Gasteiger partial charge in [0.15, 0.2) is 0 Å². The number of carboxylic acids is 1. The number of alkyl halides is 3. The van der Waals surface area contributed by atoms with Crippen molar-refractivity contribution in [1.29, 1.82) is 0 Å². The molecule has 34 heavy (non-hydrogen) atoms. The van der Waals surface area contributed by atoms with Crippen LogP contribution >= 0.6 is 0 Å². The Morgan fingerprint density at radius 2 is 1.65 bits per heavy atom. The Morgan fingerprint density at radius 1 is 1.00 bits per heavy atom. The van der Waals surface area contributed by atoms with Crippen LogP contribution in [0.15, 0.2) is 60.7 Å². The molecular formula is C26H26F3NO4. The first-order valence-corrected chi connectivity index (χ1v) is 10.8. The quantitative estimate of drug-likeness (QED) is 0.417. The fourth-order valence-corrected chi connectivity index (χ4v) is 3.53. The molecule has 5 nitrogen and oxygen atoms in total. The third-order valence-corrected chi connectivity index (χ3v) is 6.00. The van der Waals surface area contributed by atoms with Crippen LogP contribution in [0.1, 0.15) is 48.7 Å². The Kier molecular flexibility index (Phi) is 7.19. The lowest BCUT2D eigenvalue weighted by Gasteiger charge is -2.31. The summed E-state index contributed by atoms with van der Waals surface area (Å²) in [5, 5.41) is 13.7. The number of halogens is 3. The van der Waals surface area contributed by atoms with Crippen LogP contribution in [0.3, 0.4) is 0 Å².